The summed E-state index contributed by atoms with van der Waals surface area (Å²) in [7, 11) is 3.17. The van der Waals surface area contributed by atoms with Crippen molar-refractivity contribution in [2.24, 2.45) is 0 Å². The van der Waals surface area contributed by atoms with Gasteiger partial charge in [-0.05, 0) is 48.9 Å². The number of ether oxygens (including phenoxy) is 4. The largest absolute Gasteiger partial charge is 0.493 e. The number of carbonyl (C=O) groups excluding carboxylic acids is 1. The van der Waals surface area contributed by atoms with E-state index in [0.717, 1.165) is 33.9 Å². The summed E-state index contributed by atoms with van der Waals surface area (Å²) in [4.78, 5) is 17.4. The van der Waals surface area contributed by atoms with Crippen LogP contribution in [0.25, 0.3) is 11.0 Å². The fourth-order valence-corrected chi connectivity index (χ4v) is 4.21. The molecule has 0 radical (unpaired) electrons. The number of benzene rings is 3. The van der Waals surface area contributed by atoms with Crippen molar-refractivity contribution in [1.82, 2.24) is 14.9 Å². The van der Waals surface area contributed by atoms with Crippen LogP contribution in [0.1, 0.15) is 18.3 Å². The van der Waals surface area contributed by atoms with Gasteiger partial charge in [0.2, 0.25) is 5.91 Å². The van der Waals surface area contributed by atoms with Crippen LogP contribution in [0.15, 0.2) is 66.7 Å². The molecule has 0 aliphatic carbocycles. The molecule has 1 N–H and O–H groups in total. The average molecular weight is 504 g/mol. The van der Waals surface area contributed by atoms with Crippen LogP contribution in [-0.4, -0.2) is 49.4 Å². The van der Waals surface area contributed by atoms with Crippen LogP contribution in [0.3, 0.4) is 0 Å². The number of fused-ring (bicyclic) bond motifs is 1. The second-order valence-electron chi connectivity index (χ2n) is 8.36. The molecule has 8 heteroatoms. The number of carbonyl (C=O) groups is 1. The lowest BCUT2D eigenvalue weighted by molar-refractivity contribution is -0.120. The first kappa shape index (κ1) is 25.9. The summed E-state index contributed by atoms with van der Waals surface area (Å²) in [5.74, 6) is 3.53. The van der Waals surface area contributed by atoms with Gasteiger partial charge in [0.25, 0.3) is 0 Å². The Labute approximate surface area is 217 Å². The number of nitrogens with one attached hydrogen (secondary N) is 1. The minimum atomic E-state index is -0.0641. The van der Waals surface area contributed by atoms with Crippen molar-refractivity contribution in [1.29, 1.82) is 0 Å². The van der Waals surface area contributed by atoms with Gasteiger partial charge in [-0.3, -0.25) is 4.79 Å². The molecule has 37 heavy (non-hydrogen) atoms. The van der Waals surface area contributed by atoms with E-state index in [2.05, 4.69) is 16.0 Å². The number of rotatable bonds is 13. The van der Waals surface area contributed by atoms with Gasteiger partial charge in [0, 0.05) is 13.0 Å². The van der Waals surface area contributed by atoms with Crippen LogP contribution in [0, 0.1) is 0 Å². The Morgan fingerprint density at radius 2 is 1.62 bits per heavy atom. The molecule has 194 valence electrons. The predicted molar refractivity (Wildman–Crippen MR) is 143 cm³/mol. The summed E-state index contributed by atoms with van der Waals surface area (Å²) < 4.78 is 24.5. The van der Waals surface area contributed by atoms with Crippen molar-refractivity contribution in [3.05, 3.63) is 78.1 Å². The van der Waals surface area contributed by atoms with Crippen molar-refractivity contribution >= 4 is 16.9 Å². The van der Waals surface area contributed by atoms with Gasteiger partial charge < -0.3 is 28.8 Å². The summed E-state index contributed by atoms with van der Waals surface area (Å²) >= 11 is 0. The summed E-state index contributed by atoms with van der Waals surface area (Å²) in [6.07, 6.45) is 0.853. The van der Waals surface area contributed by atoms with E-state index in [4.69, 9.17) is 23.9 Å². The summed E-state index contributed by atoms with van der Waals surface area (Å²) in [6, 6.07) is 21.2. The SMILES string of the molecule is CCOc1ccccc1OCCn1c(CCNC(=O)Cc2ccc(OC)c(OC)c2)nc2ccccc21. The van der Waals surface area contributed by atoms with E-state index in [0.29, 0.717) is 44.2 Å². The van der Waals surface area contributed by atoms with Crippen LogP contribution >= 0.6 is 0 Å². The topological polar surface area (TPSA) is 83.8 Å². The molecular formula is C29H33N3O5. The van der Waals surface area contributed by atoms with Gasteiger partial charge in [0.15, 0.2) is 23.0 Å². The summed E-state index contributed by atoms with van der Waals surface area (Å²) in [5, 5.41) is 3.01. The van der Waals surface area contributed by atoms with E-state index in [1.54, 1.807) is 20.3 Å². The standard InChI is InChI=1S/C29H33N3O5/c1-4-36-25-11-7-8-12-26(25)37-18-17-32-23-10-6-5-9-22(23)31-28(32)15-16-30-29(33)20-21-13-14-24(34-2)27(19-21)35-3/h5-14,19H,4,15-18,20H2,1-3H3,(H,30,33). The smallest absolute Gasteiger partial charge is 0.224 e. The summed E-state index contributed by atoms with van der Waals surface area (Å²) in [6.45, 7) is 4.09. The van der Waals surface area contributed by atoms with Crippen molar-refractivity contribution in [3.8, 4) is 23.0 Å². The molecule has 0 atom stereocenters. The van der Waals surface area contributed by atoms with E-state index < -0.39 is 0 Å². The molecule has 3 aromatic carbocycles. The maximum absolute atomic E-state index is 12.6. The van der Waals surface area contributed by atoms with E-state index in [-0.39, 0.29) is 12.3 Å². The Morgan fingerprint density at radius 3 is 2.38 bits per heavy atom. The zero-order valence-corrected chi connectivity index (χ0v) is 21.5. The minimum absolute atomic E-state index is 0.0641. The van der Waals surface area contributed by atoms with Crippen molar-refractivity contribution in [2.45, 2.75) is 26.3 Å². The first-order valence-corrected chi connectivity index (χ1v) is 12.4. The van der Waals surface area contributed by atoms with Gasteiger partial charge in [0.05, 0.1) is 44.8 Å². The molecule has 8 nitrogen and oxygen atoms in total. The lowest BCUT2D eigenvalue weighted by atomic mass is 10.1. The Kier molecular flexibility index (Phi) is 8.86. The van der Waals surface area contributed by atoms with E-state index in [9.17, 15) is 4.79 Å². The lowest BCUT2D eigenvalue weighted by Crippen LogP contribution is -2.28. The molecule has 0 saturated carbocycles. The molecule has 0 unspecified atom stereocenters. The first-order valence-electron chi connectivity index (χ1n) is 12.4. The monoisotopic (exact) mass is 503 g/mol. The first-order chi connectivity index (χ1) is 18.1. The van der Waals surface area contributed by atoms with Crippen LogP contribution < -0.4 is 24.3 Å². The van der Waals surface area contributed by atoms with Gasteiger partial charge in [-0.1, -0.05) is 30.3 Å². The number of amides is 1. The third kappa shape index (κ3) is 6.52. The third-order valence-electron chi connectivity index (χ3n) is 5.94. The minimum Gasteiger partial charge on any atom is -0.493 e. The Balaban J connectivity index is 1.37. The zero-order chi connectivity index (χ0) is 26.0. The number of hydrogen-bond acceptors (Lipinski definition) is 6. The van der Waals surface area contributed by atoms with Crippen LogP contribution in [0.5, 0.6) is 23.0 Å². The number of para-hydroxylation sites is 4. The highest BCUT2D eigenvalue weighted by Crippen LogP contribution is 2.28. The van der Waals surface area contributed by atoms with Crippen molar-refractivity contribution < 1.29 is 23.7 Å². The highest BCUT2D eigenvalue weighted by molar-refractivity contribution is 5.79. The highest BCUT2D eigenvalue weighted by atomic mass is 16.5. The molecule has 0 spiro atoms. The molecule has 0 aliphatic heterocycles. The number of aromatic nitrogens is 2. The fourth-order valence-electron chi connectivity index (χ4n) is 4.21. The molecule has 0 saturated heterocycles. The normalized spacial score (nSPS) is 10.8. The molecule has 0 bridgehead atoms. The number of imidazole rings is 1. The van der Waals surface area contributed by atoms with Crippen molar-refractivity contribution in [3.63, 3.8) is 0 Å². The Hall–Kier alpha value is -4.20. The molecule has 1 aromatic heterocycles. The molecule has 1 amide bonds. The average Bonchev–Trinajstić information content (AvgIpc) is 3.27. The zero-order valence-electron chi connectivity index (χ0n) is 21.5. The highest BCUT2D eigenvalue weighted by Gasteiger charge is 2.13. The van der Waals surface area contributed by atoms with Crippen LogP contribution in [-0.2, 0) is 24.2 Å². The number of hydrogen-bond donors (Lipinski definition) is 1. The van der Waals surface area contributed by atoms with E-state index in [1.165, 1.54) is 0 Å². The molecule has 4 aromatic rings. The summed E-state index contributed by atoms with van der Waals surface area (Å²) in [5.41, 5.74) is 2.81. The lowest BCUT2D eigenvalue weighted by Gasteiger charge is -2.14. The second kappa shape index (κ2) is 12.7. The predicted octanol–water partition coefficient (Wildman–Crippen LogP) is 4.43. The number of methoxy groups -OCH3 is 2. The maximum atomic E-state index is 12.6. The van der Waals surface area contributed by atoms with Gasteiger partial charge in [-0.15, -0.1) is 0 Å². The van der Waals surface area contributed by atoms with Gasteiger partial charge >= 0.3 is 0 Å². The van der Waals surface area contributed by atoms with Crippen molar-refractivity contribution in [2.75, 3.05) is 34.0 Å². The molecule has 0 fully saturated rings. The number of nitrogens with zero attached hydrogens (tertiary/aromatic N) is 2. The van der Waals surface area contributed by atoms with Gasteiger partial charge in [-0.25, -0.2) is 4.98 Å². The maximum Gasteiger partial charge on any atom is 0.224 e. The second-order valence-corrected chi connectivity index (χ2v) is 8.36. The molecule has 1 heterocycles. The van der Waals surface area contributed by atoms with Gasteiger partial charge in [0.1, 0.15) is 12.4 Å². The van der Waals surface area contributed by atoms with Gasteiger partial charge in [-0.2, -0.15) is 0 Å². The van der Waals surface area contributed by atoms with Crippen LogP contribution in [0.2, 0.25) is 0 Å². The Bertz CT molecular complexity index is 1330. The molecule has 0 aliphatic rings. The van der Waals surface area contributed by atoms with Crippen LogP contribution in [0.4, 0.5) is 0 Å². The van der Waals surface area contributed by atoms with E-state index >= 15 is 0 Å². The Morgan fingerprint density at radius 1 is 0.892 bits per heavy atom. The molecule has 4 rings (SSSR count). The van der Waals surface area contributed by atoms with E-state index in [1.807, 2.05) is 61.5 Å². The quantitative estimate of drug-likeness (QED) is 0.291. The molecular weight excluding hydrogens is 470 g/mol. The third-order valence-corrected chi connectivity index (χ3v) is 5.94. The fraction of sp³-hybridized carbons (Fsp3) is 0.310.